The molecular weight excluding hydrogens is 382 g/mol. The van der Waals surface area contributed by atoms with E-state index in [1.807, 2.05) is 25.6 Å². The SMILES string of the molecule is CN(O)C(=O)C(C)(C)CCC=CC[C@@H]1[C@H](CCSc2ccccc2)[C@@H]2CC[C@H]1O2. The van der Waals surface area contributed by atoms with Crippen LogP contribution in [0.4, 0.5) is 0 Å². The molecule has 2 aliphatic heterocycles. The summed E-state index contributed by atoms with van der Waals surface area (Å²) in [5, 5.41) is 10.1. The maximum atomic E-state index is 12.0. The summed E-state index contributed by atoms with van der Waals surface area (Å²) in [5.41, 5.74) is -0.541. The van der Waals surface area contributed by atoms with Crippen molar-refractivity contribution < 1.29 is 14.7 Å². The van der Waals surface area contributed by atoms with Crippen molar-refractivity contribution >= 4 is 17.7 Å². The van der Waals surface area contributed by atoms with Gasteiger partial charge in [0.1, 0.15) is 0 Å². The molecule has 29 heavy (non-hydrogen) atoms. The second-order valence-electron chi connectivity index (χ2n) is 9.03. The minimum atomic E-state index is -0.541. The van der Waals surface area contributed by atoms with Crippen LogP contribution in [0.2, 0.25) is 0 Å². The summed E-state index contributed by atoms with van der Waals surface area (Å²) in [6, 6.07) is 10.6. The van der Waals surface area contributed by atoms with E-state index in [1.54, 1.807) is 0 Å². The van der Waals surface area contributed by atoms with Gasteiger partial charge in [-0.25, -0.2) is 5.06 Å². The summed E-state index contributed by atoms with van der Waals surface area (Å²) >= 11 is 1.95. The van der Waals surface area contributed by atoms with Gasteiger partial charge in [-0.2, -0.15) is 0 Å². The summed E-state index contributed by atoms with van der Waals surface area (Å²) < 4.78 is 6.25. The molecule has 0 saturated carbocycles. The predicted molar refractivity (Wildman–Crippen MR) is 118 cm³/mol. The molecule has 0 aromatic heterocycles. The highest BCUT2D eigenvalue weighted by molar-refractivity contribution is 7.99. The average Bonchev–Trinajstić information content (AvgIpc) is 3.30. The summed E-state index contributed by atoms with van der Waals surface area (Å²) in [6.45, 7) is 3.78. The number of ether oxygens (including phenoxy) is 1. The van der Waals surface area contributed by atoms with Gasteiger partial charge in [0, 0.05) is 17.4 Å². The van der Waals surface area contributed by atoms with Crippen molar-refractivity contribution in [2.24, 2.45) is 17.3 Å². The lowest BCUT2D eigenvalue weighted by Gasteiger charge is -2.27. The van der Waals surface area contributed by atoms with E-state index in [9.17, 15) is 10.0 Å². The minimum absolute atomic E-state index is 0.233. The molecule has 1 aromatic carbocycles. The topological polar surface area (TPSA) is 49.8 Å². The first kappa shape index (κ1) is 22.4. The lowest BCUT2D eigenvalue weighted by Crippen LogP contribution is -2.36. The van der Waals surface area contributed by atoms with Crippen LogP contribution in [0.3, 0.4) is 0 Å². The molecule has 2 saturated heterocycles. The Morgan fingerprint density at radius 2 is 1.90 bits per heavy atom. The molecule has 1 amide bonds. The zero-order valence-corrected chi connectivity index (χ0v) is 18.7. The Morgan fingerprint density at radius 3 is 2.59 bits per heavy atom. The van der Waals surface area contributed by atoms with Crippen molar-refractivity contribution in [3.63, 3.8) is 0 Å². The van der Waals surface area contributed by atoms with Crippen molar-refractivity contribution in [3.8, 4) is 0 Å². The largest absolute Gasteiger partial charge is 0.374 e. The second kappa shape index (κ2) is 10.1. The van der Waals surface area contributed by atoms with E-state index in [0.717, 1.165) is 25.0 Å². The van der Waals surface area contributed by atoms with Crippen LogP contribution in [0.25, 0.3) is 0 Å². The van der Waals surface area contributed by atoms with E-state index < -0.39 is 5.41 Å². The highest BCUT2D eigenvalue weighted by Gasteiger charge is 2.47. The van der Waals surface area contributed by atoms with Gasteiger partial charge in [0.15, 0.2) is 0 Å². The van der Waals surface area contributed by atoms with Gasteiger partial charge in [0.05, 0.1) is 12.2 Å². The second-order valence-corrected chi connectivity index (χ2v) is 10.2. The maximum Gasteiger partial charge on any atom is 0.251 e. The smallest absolute Gasteiger partial charge is 0.251 e. The van der Waals surface area contributed by atoms with Crippen LogP contribution < -0.4 is 0 Å². The fourth-order valence-corrected chi connectivity index (χ4v) is 5.76. The number of thioether (sulfide) groups is 1. The number of rotatable bonds is 10. The number of hydrogen-bond donors (Lipinski definition) is 1. The fourth-order valence-electron chi connectivity index (χ4n) is 4.79. The number of carbonyl (C=O) groups excluding carboxylic acids is 1. The molecule has 0 spiro atoms. The molecule has 4 nitrogen and oxygen atoms in total. The van der Waals surface area contributed by atoms with Gasteiger partial charge in [-0.3, -0.25) is 10.0 Å². The number of fused-ring (bicyclic) bond motifs is 2. The van der Waals surface area contributed by atoms with Gasteiger partial charge in [0.25, 0.3) is 5.91 Å². The van der Waals surface area contributed by atoms with Gasteiger partial charge >= 0.3 is 0 Å². The van der Waals surface area contributed by atoms with Gasteiger partial charge in [-0.1, -0.05) is 44.2 Å². The van der Waals surface area contributed by atoms with Crippen LogP contribution in [0, 0.1) is 17.3 Å². The molecule has 0 unspecified atom stereocenters. The van der Waals surface area contributed by atoms with E-state index in [0.29, 0.717) is 29.1 Å². The van der Waals surface area contributed by atoms with E-state index in [1.165, 1.54) is 31.2 Å². The molecule has 1 N–H and O–H groups in total. The molecule has 5 heteroatoms. The number of allylic oxidation sites excluding steroid dienone is 2. The van der Waals surface area contributed by atoms with E-state index in [4.69, 9.17) is 4.74 Å². The van der Waals surface area contributed by atoms with Crippen LogP contribution in [0.15, 0.2) is 47.4 Å². The summed E-state index contributed by atoms with van der Waals surface area (Å²) in [7, 11) is 1.39. The molecule has 3 rings (SSSR count). The third-order valence-corrected chi connectivity index (χ3v) is 7.48. The van der Waals surface area contributed by atoms with E-state index >= 15 is 0 Å². The summed E-state index contributed by atoms with van der Waals surface area (Å²) in [4.78, 5) is 13.3. The number of hydroxylamine groups is 2. The first-order valence-corrected chi connectivity index (χ1v) is 11.8. The third-order valence-electron chi connectivity index (χ3n) is 6.44. The van der Waals surface area contributed by atoms with Gasteiger partial charge in [-0.05, 0) is 68.2 Å². The highest BCUT2D eigenvalue weighted by atomic mass is 32.2. The van der Waals surface area contributed by atoms with Crippen molar-refractivity contribution in [2.75, 3.05) is 12.8 Å². The Balaban J connectivity index is 1.45. The number of nitrogens with zero attached hydrogens (tertiary/aromatic N) is 1. The van der Waals surface area contributed by atoms with Crippen molar-refractivity contribution in [2.45, 2.75) is 69.5 Å². The van der Waals surface area contributed by atoms with Crippen LogP contribution in [-0.4, -0.2) is 41.2 Å². The molecule has 2 heterocycles. The Kier molecular flexibility index (Phi) is 7.83. The third kappa shape index (κ3) is 5.87. The monoisotopic (exact) mass is 417 g/mol. The molecule has 0 radical (unpaired) electrons. The van der Waals surface area contributed by atoms with Crippen molar-refractivity contribution in [1.82, 2.24) is 5.06 Å². The number of amides is 1. The predicted octanol–water partition coefficient (Wildman–Crippen LogP) is 5.56. The quantitative estimate of drug-likeness (QED) is 0.234. The van der Waals surface area contributed by atoms with Gasteiger partial charge in [-0.15, -0.1) is 11.8 Å². The summed E-state index contributed by atoms with van der Waals surface area (Å²) in [6.07, 6.45) is 11.7. The number of hydrogen-bond acceptors (Lipinski definition) is 4. The minimum Gasteiger partial charge on any atom is -0.374 e. The Labute approximate surface area is 179 Å². The average molecular weight is 418 g/mol. The Bertz CT molecular complexity index is 689. The van der Waals surface area contributed by atoms with Crippen LogP contribution in [-0.2, 0) is 9.53 Å². The fraction of sp³-hybridized carbons (Fsp3) is 0.625. The lowest BCUT2D eigenvalue weighted by atomic mass is 9.76. The molecule has 160 valence electrons. The first-order chi connectivity index (χ1) is 13.9. The van der Waals surface area contributed by atoms with Crippen molar-refractivity contribution in [1.29, 1.82) is 0 Å². The van der Waals surface area contributed by atoms with Crippen molar-refractivity contribution in [3.05, 3.63) is 42.5 Å². The standard InChI is InChI=1S/C24H35NO3S/c1-24(2,23(26)25(3)27)16-9-5-8-12-19-20(22-14-13-21(19)28-22)15-17-29-18-10-6-4-7-11-18/h4-8,10-11,19-22,27H,9,12-17H2,1-3H3/t19-,20+,21-,22+/m1/s1. The normalized spacial score (nSPS) is 26.3. The molecular formula is C24H35NO3S. The lowest BCUT2D eigenvalue weighted by molar-refractivity contribution is -0.169. The van der Waals surface area contributed by atoms with Crippen LogP contribution in [0.1, 0.15) is 52.4 Å². The molecule has 0 aliphatic carbocycles. The van der Waals surface area contributed by atoms with Gasteiger partial charge < -0.3 is 4.74 Å². The molecule has 4 atom stereocenters. The summed E-state index contributed by atoms with van der Waals surface area (Å²) in [5.74, 6) is 2.20. The Morgan fingerprint density at radius 1 is 1.21 bits per heavy atom. The zero-order chi connectivity index (χ0) is 20.9. The van der Waals surface area contributed by atoms with Crippen LogP contribution >= 0.6 is 11.8 Å². The maximum absolute atomic E-state index is 12.0. The zero-order valence-electron chi connectivity index (χ0n) is 17.9. The number of benzene rings is 1. The Hall–Kier alpha value is -1.30. The molecule has 2 fully saturated rings. The van der Waals surface area contributed by atoms with E-state index in [2.05, 4.69) is 42.5 Å². The number of carbonyl (C=O) groups is 1. The molecule has 2 aliphatic rings. The van der Waals surface area contributed by atoms with Gasteiger partial charge in [0.2, 0.25) is 0 Å². The highest BCUT2D eigenvalue weighted by Crippen LogP contribution is 2.47. The van der Waals surface area contributed by atoms with Crippen LogP contribution in [0.5, 0.6) is 0 Å². The molecule has 2 bridgehead atoms. The van der Waals surface area contributed by atoms with E-state index in [-0.39, 0.29) is 5.91 Å². The first-order valence-electron chi connectivity index (χ1n) is 10.8. The molecule has 1 aromatic rings.